The zero-order chi connectivity index (χ0) is 15.0. The fraction of sp³-hybridized carbons (Fsp3) is 0.571. The summed E-state index contributed by atoms with van der Waals surface area (Å²) in [5, 5.41) is 0. The molecule has 0 unspecified atom stereocenters. The maximum atomic E-state index is 12.2. The van der Waals surface area contributed by atoms with Crippen LogP contribution < -0.4 is 10.5 Å². The van der Waals surface area contributed by atoms with Crippen molar-refractivity contribution in [1.29, 1.82) is 0 Å². The number of aryl methyl sites for hydroxylation is 1. The summed E-state index contributed by atoms with van der Waals surface area (Å²) in [5.41, 5.74) is 7.10. The summed E-state index contributed by atoms with van der Waals surface area (Å²) >= 11 is 0. The molecule has 5 nitrogen and oxygen atoms in total. The van der Waals surface area contributed by atoms with Gasteiger partial charge >= 0.3 is 0 Å². The van der Waals surface area contributed by atoms with E-state index in [4.69, 9.17) is 10.5 Å². The second-order valence-electron chi connectivity index (χ2n) is 4.76. The highest BCUT2D eigenvalue weighted by atomic mass is 32.2. The Hall–Kier alpha value is -0.950. The van der Waals surface area contributed by atoms with Gasteiger partial charge in [-0.3, -0.25) is 0 Å². The molecule has 0 atom stereocenters. The van der Waals surface area contributed by atoms with Crippen molar-refractivity contribution in [3.8, 4) is 0 Å². The Balaban J connectivity index is 2.60. The summed E-state index contributed by atoms with van der Waals surface area (Å²) in [6.45, 7) is 3.27. The van der Waals surface area contributed by atoms with Crippen LogP contribution in [0.1, 0.15) is 30.4 Å². The Morgan fingerprint density at radius 1 is 1.25 bits per heavy atom. The standard InChI is InChI=1S/C14H24N2O3S/c1-12-6-7-13(11-15)10-14(12)20(17,18)16-8-4-3-5-9-19-2/h6-7,10,16H,3-5,8-9,11,15H2,1-2H3. The van der Waals surface area contributed by atoms with Gasteiger partial charge in [0.25, 0.3) is 0 Å². The normalized spacial score (nSPS) is 11.8. The topological polar surface area (TPSA) is 81.4 Å². The summed E-state index contributed by atoms with van der Waals surface area (Å²) in [6.07, 6.45) is 2.69. The molecule has 0 aliphatic heterocycles. The number of ether oxygens (including phenoxy) is 1. The van der Waals surface area contributed by atoms with Gasteiger partial charge in [-0.1, -0.05) is 12.1 Å². The van der Waals surface area contributed by atoms with Gasteiger partial charge in [0.05, 0.1) is 4.90 Å². The van der Waals surface area contributed by atoms with Crippen LogP contribution in [0.5, 0.6) is 0 Å². The highest BCUT2D eigenvalue weighted by Crippen LogP contribution is 2.16. The van der Waals surface area contributed by atoms with Gasteiger partial charge in [-0.25, -0.2) is 13.1 Å². The van der Waals surface area contributed by atoms with E-state index in [2.05, 4.69) is 4.72 Å². The summed E-state index contributed by atoms with van der Waals surface area (Å²) in [5.74, 6) is 0. The maximum Gasteiger partial charge on any atom is 0.240 e. The number of hydrogen-bond acceptors (Lipinski definition) is 4. The molecule has 3 N–H and O–H groups in total. The van der Waals surface area contributed by atoms with Crippen LogP contribution >= 0.6 is 0 Å². The molecule has 1 rings (SSSR count). The largest absolute Gasteiger partial charge is 0.385 e. The number of rotatable bonds is 9. The zero-order valence-electron chi connectivity index (χ0n) is 12.2. The third-order valence-corrected chi connectivity index (χ3v) is 4.70. The molecular weight excluding hydrogens is 276 g/mol. The van der Waals surface area contributed by atoms with Gasteiger partial charge in [0.15, 0.2) is 0 Å². The van der Waals surface area contributed by atoms with Crippen LogP contribution in [0.4, 0.5) is 0 Å². The molecule has 0 heterocycles. The van der Waals surface area contributed by atoms with Gasteiger partial charge in [0.2, 0.25) is 10.0 Å². The van der Waals surface area contributed by atoms with E-state index in [-0.39, 0.29) is 0 Å². The molecular formula is C14H24N2O3S. The van der Waals surface area contributed by atoms with Crippen LogP contribution in [0.25, 0.3) is 0 Å². The molecule has 0 aromatic heterocycles. The lowest BCUT2D eigenvalue weighted by molar-refractivity contribution is 0.192. The summed E-state index contributed by atoms with van der Waals surface area (Å²) in [7, 11) is -1.79. The van der Waals surface area contributed by atoms with E-state index in [1.54, 1.807) is 26.2 Å². The molecule has 1 aromatic rings. The highest BCUT2D eigenvalue weighted by Gasteiger charge is 2.16. The van der Waals surface area contributed by atoms with Crippen LogP contribution in [0.3, 0.4) is 0 Å². The van der Waals surface area contributed by atoms with Crippen molar-refractivity contribution in [2.75, 3.05) is 20.3 Å². The van der Waals surface area contributed by atoms with Crippen molar-refractivity contribution < 1.29 is 13.2 Å². The monoisotopic (exact) mass is 300 g/mol. The van der Waals surface area contributed by atoms with E-state index in [0.29, 0.717) is 24.6 Å². The van der Waals surface area contributed by atoms with Crippen LogP contribution in [0.2, 0.25) is 0 Å². The average Bonchev–Trinajstić information content (AvgIpc) is 2.43. The number of benzene rings is 1. The van der Waals surface area contributed by atoms with Gasteiger partial charge < -0.3 is 10.5 Å². The second-order valence-corrected chi connectivity index (χ2v) is 6.49. The molecule has 0 radical (unpaired) electrons. The molecule has 0 amide bonds. The molecule has 6 heteroatoms. The Kier molecular flexibility index (Phi) is 7.15. The Morgan fingerprint density at radius 3 is 2.65 bits per heavy atom. The predicted molar refractivity (Wildman–Crippen MR) is 80.0 cm³/mol. The SMILES string of the molecule is COCCCCCNS(=O)(=O)c1cc(CN)ccc1C. The van der Waals surface area contributed by atoms with E-state index in [1.807, 2.05) is 6.07 Å². The van der Waals surface area contributed by atoms with E-state index in [9.17, 15) is 8.42 Å². The lowest BCUT2D eigenvalue weighted by Crippen LogP contribution is -2.25. The first-order chi connectivity index (χ1) is 9.51. The molecule has 20 heavy (non-hydrogen) atoms. The van der Waals surface area contributed by atoms with Crippen molar-refractivity contribution in [2.24, 2.45) is 5.73 Å². The van der Waals surface area contributed by atoms with Crippen LogP contribution in [-0.4, -0.2) is 28.7 Å². The second kappa shape index (κ2) is 8.36. The van der Waals surface area contributed by atoms with Gasteiger partial charge in [-0.2, -0.15) is 0 Å². The minimum absolute atomic E-state index is 0.317. The van der Waals surface area contributed by atoms with Gasteiger partial charge in [0.1, 0.15) is 0 Å². The first-order valence-electron chi connectivity index (χ1n) is 6.79. The quantitative estimate of drug-likeness (QED) is 0.678. The summed E-state index contributed by atoms with van der Waals surface area (Å²) in [6, 6.07) is 5.27. The molecule has 1 aromatic carbocycles. The molecule has 0 fully saturated rings. The first kappa shape index (κ1) is 17.1. The maximum absolute atomic E-state index is 12.2. The van der Waals surface area contributed by atoms with Crippen molar-refractivity contribution in [2.45, 2.75) is 37.6 Å². The number of sulfonamides is 1. The van der Waals surface area contributed by atoms with Gasteiger partial charge in [-0.15, -0.1) is 0 Å². The molecule has 0 aliphatic rings. The van der Waals surface area contributed by atoms with Gasteiger partial charge in [0, 0.05) is 26.8 Å². The van der Waals surface area contributed by atoms with Crippen molar-refractivity contribution >= 4 is 10.0 Å². The Labute approximate surface area is 121 Å². The molecule has 114 valence electrons. The molecule has 0 spiro atoms. The molecule has 0 saturated heterocycles. The predicted octanol–water partition coefficient (Wildman–Crippen LogP) is 1.55. The zero-order valence-corrected chi connectivity index (χ0v) is 13.0. The fourth-order valence-corrected chi connectivity index (χ4v) is 3.26. The van der Waals surface area contributed by atoms with E-state index < -0.39 is 10.0 Å². The Bertz CT molecular complexity index is 515. The smallest absolute Gasteiger partial charge is 0.240 e. The highest BCUT2D eigenvalue weighted by molar-refractivity contribution is 7.89. The third kappa shape index (κ3) is 5.20. The van der Waals surface area contributed by atoms with E-state index in [0.717, 1.165) is 30.4 Å². The van der Waals surface area contributed by atoms with Crippen molar-refractivity contribution in [3.63, 3.8) is 0 Å². The minimum Gasteiger partial charge on any atom is -0.385 e. The minimum atomic E-state index is -3.45. The number of nitrogens with one attached hydrogen (secondary N) is 1. The summed E-state index contributed by atoms with van der Waals surface area (Å²) < 4.78 is 32.1. The summed E-state index contributed by atoms with van der Waals surface area (Å²) in [4.78, 5) is 0.317. The van der Waals surface area contributed by atoms with Crippen molar-refractivity contribution in [1.82, 2.24) is 4.72 Å². The Morgan fingerprint density at radius 2 is 2.00 bits per heavy atom. The fourth-order valence-electron chi connectivity index (χ4n) is 1.89. The van der Waals surface area contributed by atoms with E-state index >= 15 is 0 Å². The number of hydrogen-bond donors (Lipinski definition) is 2. The molecule has 0 saturated carbocycles. The first-order valence-corrected chi connectivity index (χ1v) is 8.28. The lowest BCUT2D eigenvalue weighted by Gasteiger charge is -2.10. The van der Waals surface area contributed by atoms with E-state index in [1.165, 1.54) is 0 Å². The third-order valence-electron chi connectivity index (χ3n) is 3.10. The average molecular weight is 300 g/mol. The number of unbranched alkanes of at least 4 members (excludes halogenated alkanes) is 2. The number of nitrogens with two attached hydrogens (primary N) is 1. The van der Waals surface area contributed by atoms with Crippen LogP contribution in [-0.2, 0) is 21.3 Å². The molecule has 0 aliphatic carbocycles. The van der Waals surface area contributed by atoms with Crippen LogP contribution in [0.15, 0.2) is 23.1 Å². The van der Waals surface area contributed by atoms with Gasteiger partial charge in [-0.05, 0) is 43.4 Å². The lowest BCUT2D eigenvalue weighted by atomic mass is 10.1. The molecule has 0 bridgehead atoms. The van der Waals surface area contributed by atoms with Crippen molar-refractivity contribution in [3.05, 3.63) is 29.3 Å². The number of methoxy groups -OCH3 is 1. The van der Waals surface area contributed by atoms with Crippen LogP contribution in [0, 0.1) is 6.92 Å².